The first-order valence-electron chi connectivity index (χ1n) is 2.94. The number of hydrogen-bond acceptors (Lipinski definition) is 3. The number of hydrogen-bond donors (Lipinski definition) is 1. The standard InChI is InChI=1S/C6H10N2O.ClH/c1-5(4-7)6-8-2-3-9-6;/h2-3,5H,4,7H2,1H3;1H. The molecule has 1 heterocycles. The summed E-state index contributed by atoms with van der Waals surface area (Å²) < 4.78 is 5.00. The Morgan fingerprint density at radius 2 is 2.50 bits per heavy atom. The van der Waals surface area contributed by atoms with Gasteiger partial charge in [-0.15, -0.1) is 12.4 Å². The Bertz CT molecular complexity index is 164. The van der Waals surface area contributed by atoms with Gasteiger partial charge in [0, 0.05) is 12.5 Å². The number of halogens is 1. The summed E-state index contributed by atoms with van der Waals surface area (Å²) in [6, 6.07) is 0. The molecule has 3 nitrogen and oxygen atoms in total. The minimum absolute atomic E-state index is 0. The molecule has 0 radical (unpaired) electrons. The molecule has 0 spiro atoms. The van der Waals surface area contributed by atoms with Gasteiger partial charge in [0.2, 0.25) is 0 Å². The Morgan fingerprint density at radius 1 is 1.80 bits per heavy atom. The van der Waals surface area contributed by atoms with Gasteiger partial charge in [-0.3, -0.25) is 0 Å². The van der Waals surface area contributed by atoms with E-state index in [0.29, 0.717) is 6.54 Å². The Kier molecular flexibility index (Phi) is 4.07. The summed E-state index contributed by atoms with van der Waals surface area (Å²) in [5.41, 5.74) is 5.36. The van der Waals surface area contributed by atoms with E-state index in [2.05, 4.69) is 4.98 Å². The van der Waals surface area contributed by atoms with Gasteiger partial charge in [-0.1, -0.05) is 6.92 Å². The Labute approximate surface area is 66.0 Å². The summed E-state index contributed by atoms with van der Waals surface area (Å²) >= 11 is 0. The molecule has 2 N–H and O–H groups in total. The second-order valence-electron chi connectivity index (χ2n) is 2.01. The first-order chi connectivity index (χ1) is 4.34. The minimum Gasteiger partial charge on any atom is -0.449 e. The summed E-state index contributed by atoms with van der Waals surface area (Å²) in [5, 5.41) is 0. The van der Waals surface area contributed by atoms with Crippen LogP contribution < -0.4 is 5.73 Å². The lowest BCUT2D eigenvalue weighted by molar-refractivity contribution is 0.461. The lowest BCUT2D eigenvalue weighted by Gasteiger charge is -1.99. The molecule has 1 aromatic rings. The van der Waals surface area contributed by atoms with Crippen LogP contribution in [0.4, 0.5) is 0 Å². The van der Waals surface area contributed by atoms with Gasteiger partial charge >= 0.3 is 0 Å². The summed E-state index contributed by atoms with van der Waals surface area (Å²) in [5.74, 6) is 0.956. The van der Waals surface area contributed by atoms with Crippen molar-refractivity contribution in [3.63, 3.8) is 0 Å². The number of oxazole rings is 1. The van der Waals surface area contributed by atoms with Crippen LogP contribution in [0, 0.1) is 0 Å². The number of nitrogens with two attached hydrogens (primary N) is 1. The lowest BCUT2D eigenvalue weighted by Crippen LogP contribution is -2.08. The average Bonchev–Trinajstić information content (AvgIpc) is 2.37. The molecular weight excluding hydrogens is 152 g/mol. The van der Waals surface area contributed by atoms with E-state index in [1.54, 1.807) is 12.5 Å². The zero-order chi connectivity index (χ0) is 6.69. The van der Waals surface area contributed by atoms with Crippen LogP contribution in [0.2, 0.25) is 0 Å². The fourth-order valence-corrected chi connectivity index (χ4v) is 0.579. The van der Waals surface area contributed by atoms with E-state index < -0.39 is 0 Å². The van der Waals surface area contributed by atoms with E-state index in [9.17, 15) is 0 Å². The van der Waals surface area contributed by atoms with E-state index in [4.69, 9.17) is 10.2 Å². The van der Waals surface area contributed by atoms with Crippen molar-refractivity contribution in [2.45, 2.75) is 12.8 Å². The van der Waals surface area contributed by atoms with Crippen LogP contribution in [0.1, 0.15) is 18.7 Å². The third-order valence-electron chi connectivity index (χ3n) is 1.23. The van der Waals surface area contributed by atoms with Gasteiger partial charge in [0.05, 0.1) is 6.20 Å². The van der Waals surface area contributed by atoms with E-state index >= 15 is 0 Å². The molecule has 10 heavy (non-hydrogen) atoms. The lowest BCUT2D eigenvalue weighted by atomic mass is 10.2. The topological polar surface area (TPSA) is 52.0 Å². The minimum atomic E-state index is 0. The molecule has 4 heteroatoms. The number of nitrogens with zero attached hydrogens (tertiary/aromatic N) is 1. The molecular formula is C6H11ClN2O. The highest BCUT2D eigenvalue weighted by Crippen LogP contribution is 2.08. The first-order valence-corrected chi connectivity index (χ1v) is 2.94. The van der Waals surface area contributed by atoms with Gasteiger partial charge < -0.3 is 10.2 Å². The molecule has 0 amide bonds. The summed E-state index contributed by atoms with van der Waals surface area (Å²) in [4.78, 5) is 3.94. The zero-order valence-corrected chi connectivity index (χ0v) is 6.60. The van der Waals surface area contributed by atoms with Crippen LogP contribution in [-0.4, -0.2) is 11.5 Å². The maximum Gasteiger partial charge on any atom is 0.198 e. The molecule has 1 unspecified atom stereocenters. The fourth-order valence-electron chi connectivity index (χ4n) is 0.579. The molecule has 0 saturated heterocycles. The highest BCUT2D eigenvalue weighted by atomic mass is 35.5. The van der Waals surface area contributed by atoms with Crippen molar-refractivity contribution in [2.24, 2.45) is 5.73 Å². The number of aromatic nitrogens is 1. The van der Waals surface area contributed by atoms with E-state index in [-0.39, 0.29) is 18.3 Å². The Morgan fingerprint density at radius 3 is 2.90 bits per heavy atom. The molecule has 0 aliphatic carbocycles. The van der Waals surface area contributed by atoms with Gasteiger partial charge in [-0.2, -0.15) is 0 Å². The molecule has 0 aliphatic heterocycles. The molecule has 0 aliphatic rings. The molecule has 1 atom stereocenters. The monoisotopic (exact) mass is 162 g/mol. The van der Waals surface area contributed by atoms with Crippen LogP contribution in [0.15, 0.2) is 16.9 Å². The quantitative estimate of drug-likeness (QED) is 0.710. The highest BCUT2D eigenvalue weighted by Gasteiger charge is 2.05. The van der Waals surface area contributed by atoms with E-state index in [0.717, 1.165) is 5.89 Å². The molecule has 1 rings (SSSR count). The summed E-state index contributed by atoms with van der Waals surface area (Å²) in [7, 11) is 0. The van der Waals surface area contributed by atoms with Gasteiger partial charge in [-0.05, 0) is 0 Å². The van der Waals surface area contributed by atoms with E-state index in [1.165, 1.54) is 0 Å². The third kappa shape index (κ3) is 2.01. The molecule has 0 aromatic carbocycles. The normalized spacial score (nSPS) is 12.2. The largest absolute Gasteiger partial charge is 0.449 e. The van der Waals surface area contributed by atoms with Crippen LogP contribution >= 0.6 is 12.4 Å². The molecule has 0 fully saturated rings. The van der Waals surface area contributed by atoms with Crippen molar-refractivity contribution in [1.29, 1.82) is 0 Å². The third-order valence-corrected chi connectivity index (χ3v) is 1.23. The average molecular weight is 163 g/mol. The van der Waals surface area contributed by atoms with Crippen molar-refractivity contribution < 1.29 is 4.42 Å². The van der Waals surface area contributed by atoms with Gasteiger partial charge in [-0.25, -0.2) is 4.98 Å². The van der Waals surface area contributed by atoms with Crippen LogP contribution in [-0.2, 0) is 0 Å². The smallest absolute Gasteiger partial charge is 0.198 e. The maximum atomic E-state index is 5.36. The van der Waals surface area contributed by atoms with Gasteiger partial charge in [0.25, 0.3) is 0 Å². The first kappa shape index (κ1) is 9.46. The predicted molar refractivity (Wildman–Crippen MR) is 41.2 cm³/mol. The number of rotatable bonds is 2. The Hall–Kier alpha value is -0.540. The Balaban J connectivity index is 0.000000810. The van der Waals surface area contributed by atoms with Gasteiger partial charge in [0.15, 0.2) is 5.89 Å². The van der Waals surface area contributed by atoms with Gasteiger partial charge in [0.1, 0.15) is 6.26 Å². The molecule has 1 aromatic heterocycles. The van der Waals surface area contributed by atoms with E-state index in [1.807, 2.05) is 6.92 Å². The molecule has 0 saturated carbocycles. The second-order valence-corrected chi connectivity index (χ2v) is 2.01. The molecule has 0 bridgehead atoms. The van der Waals surface area contributed by atoms with Crippen LogP contribution in [0.25, 0.3) is 0 Å². The van der Waals surface area contributed by atoms with Crippen LogP contribution in [0.5, 0.6) is 0 Å². The zero-order valence-electron chi connectivity index (χ0n) is 5.78. The van der Waals surface area contributed by atoms with Crippen molar-refractivity contribution >= 4 is 12.4 Å². The van der Waals surface area contributed by atoms with Crippen molar-refractivity contribution in [2.75, 3.05) is 6.54 Å². The summed E-state index contributed by atoms with van der Waals surface area (Å²) in [6.07, 6.45) is 3.18. The van der Waals surface area contributed by atoms with Crippen LogP contribution in [0.3, 0.4) is 0 Å². The maximum absolute atomic E-state index is 5.36. The predicted octanol–water partition coefficient (Wildman–Crippen LogP) is 1.16. The molecule has 58 valence electrons. The van der Waals surface area contributed by atoms with Crippen molar-refractivity contribution in [3.05, 3.63) is 18.4 Å². The fraction of sp³-hybridized carbons (Fsp3) is 0.500. The SMILES string of the molecule is CC(CN)c1ncco1.Cl. The summed E-state index contributed by atoms with van der Waals surface area (Å²) in [6.45, 7) is 2.56. The van der Waals surface area contributed by atoms with Crippen molar-refractivity contribution in [3.8, 4) is 0 Å². The second kappa shape index (κ2) is 4.30. The van der Waals surface area contributed by atoms with Crippen molar-refractivity contribution in [1.82, 2.24) is 4.98 Å². The highest BCUT2D eigenvalue weighted by molar-refractivity contribution is 5.85.